The van der Waals surface area contributed by atoms with Crippen LogP contribution in [0.5, 0.6) is 0 Å². The third kappa shape index (κ3) is 2.09. The number of hydrogen-bond donors (Lipinski definition) is 1. The van der Waals surface area contributed by atoms with Crippen molar-refractivity contribution in [2.75, 3.05) is 12.4 Å². The summed E-state index contributed by atoms with van der Waals surface area (Å²) in [5.74, 6) is 1.12. The normalized spacial score (nSPS) is 10.8. The molecule has 0 amide bonds. The number of nitrogens with zero attached hydrogens (tertiary/aromatic N) is 2. The van der Waals surface area contributed by atoms with Gasteiger partial charge in [-0.3, -0.25) is 0 Å². The third-order valence-electron chi connectivity index (χ3n) is 3.22. The van der Waals surface area contributed by atoms with Crippen LogP contribution >= 0.6 is 0 Å². The topological polar surface area (TPSA) is 37.8 Å². The van der Waals surface area contributed by atoms with E-state index in [1.165, 1.54) is 6.07 Å². The molecule has 1 aromatic heterocycles. The van der Waals surface area contributed by atoms with Crippen LogP contribution in [-0.4, -0.2) is 17.0 Å². The van der Waals surface area contributed by atoms with Crippen LogP contribution in [0.15, 0.2) is 42.5 Å². The minimum absolute atomic E-state index is 0.231. The van der Waals surface area contributed by atoms with Crippen molar-refractivity contribution >= 4 is 16.6 Å². The number of anilines is 1. The Bertz CT molecular complexity index is 784. The maximum atomic E-state index is 13.9. The summed E-state index contributed by atoms with van der Waals surface area (Å²) >= 11 is 0. The van der Waals surface area contributed by atoms with E-state index in [1.807, 2.05) is 38.2 Å². The number of fused-ring (bicyclic) bond motifs is 1. The van der Waals surface area contributed by atoms with Gasteiger partial charge < -0.3 is 5.32 Å². The summed E-state index contributed by atoms with van der Waals surface area (Å²) in [6, 6.07) is 12.4. The van der Waals surface area contributed by atoms with Crippen LogP contribution in [0.1, 0.15) is 5.69 Å². The van der Waals surface area contributed by atoms with Crippen LogP contribution < -0.4 is 5.32 Å². The van der Waals surface area contributed by atoms with Gasteiger partial charge in [0, 0.05) is 29.8 Å². The Labute approximate surface area is 116 Å². The zero-order valence-electron chi connectivity index (χ0n) is 11.3. The van der Waals surface area contributed by atoms with Crippen molar-refractivity contribution in [2.45, 2.75) is 6.92 Å². The van der Waals surface area contributed by atoms with E-state index in [0.29, 0.717) is 11.2 Å². The van der Waals surface area contributed by atoms with Crippen molar-refractivity contribution in [1.82, 2.24) is 9.97 Å². The standard InChI is InChI=1S/C16H14FN3/c1-10-9-15(18-2)20-16(19-10)13-7-8-14(17)12-6-4-3-5-11(12)13/h3-9H,1-2H3,(H,18,19,20). The molecule has 0 aliphatic rings. The fourth-order valence-electron chi connectivity index (χ4n) is 2.27. The van der Waals surface area contributed by atoms with E-state index in [4.69, 9.17) is 0 Å². The number of benzene rings is 2. The van der Waals surface area contributed by atoms with Gasteiger partial charge in [0.2, 0.25) is 0 Å². The molecule has 3 rings (SSSR count). The van der Waals surface area contributed by atoms with Crippen LogP contribution in [0, 0.1) is 12.7 Å². The molecule has 3 aromatic rings. The molecule has 0 bridgehead atoms. The highest BCUT2D eigenvalue weighted by atomic mass is 19.1. The molecule has 4 heteroatoms. The van der Waals surface area contributed by atoms with Gasteiger partial charge in [0.15, 0.2) is 5.82 Å². The van der Waals surface area contributed by atoms with Crippen LogP contribution in [0.2, 0.25) is 0 Å². The summed E-state index contributed by atoms with van der Waals surface area (Å²) in [5.41, 5.74) is 1.70. The number of aryl methyl sites for hydroxylation is 1. The Morgan fingerprint density at radius 2 is 1.75 bits per heavy atom. The van der Waals surface area contributed by atoms with Crippen LogP contribution in [0.3, 0.4) is 0 Å². The van der Waals surface area contributed by atoms with Crippen LogP contribution in [-0.2, 0) is 0 Å². The summed E-state index contributed by atoms with van der Waals surface area (Å²) in [5, 5.41) is 4.42. The molecule has 0 spiro atoms. The quantitative estimate of drug-likeness (QED) is 0.767. The molecule has 0 aliphatic heterocycles. The molecule has 0 saturated carbocycles. The summed E-state index contributed by atoms with van der Waals surface area (Å²) in [6.07, 6.45) is 0. The molecule has 0 unspecified atom stereocenters. The highest BCUT2D eigenvalue weighted by Gasteiger charge is 2.10. The van der Waals surface area contributed by atoms with Crippen LogP contribution in [0.4, 0.5) is 10.2 Å². The van der Waals surface area contributed by atoms with Crippen LogP contribution in [0.25, 0.3) is 22.2 Å². The molecular weight excluding hydrogens is 253 g/mol. The highest BCUT2D eigenvalue weighted by Crippen LogP contribution is 2.28. The average molecular weight is 267 g/mol. The Hall–Kier alpha value is -2.49. The maximum absolute atomic E-state index is 13.9. The van der Waals surface area contributed by atoms with Gasteiger partial charge in [0.1, 0.15) is 11.6 Å². The molecule has 100 valence electrons. The first-order valence-electron chi connectivity index (χ1n) is 6.40. The van der Waals surface area contributed by atoms with Crippen molar-refractivity contribution in [3.63, 3.8) is 0 Å². The van der Waals surface area contributed by atoms with E-state index >= 15 is 0 Å². The summed E-state index contributed by atoms with van der Waals surface area (Å²) in [7, 11) is 1.81. The van der Waals surface area contributed by atoms with Gasteiger partial charge in [-0.15, -0.1) is 0 Å². The summed E-state index contributed by atoms with van der Waals surface area (Å²) in [6.45, 7) is 1.91. The lowest BCUT2D eigenvalue weighted by Crippen LogP contribution is -1.99. The van der Waals surface area contributed by atoms with Gasteiger partial charge in [-0.25, -0.2) is 14.4 Å². The molecule has 1 heterocycles. The second kappa shape index (κ2) is 4.89. The number of halogens is 1. The van der Waals surface area contributed by atoms with Gasteiger partial charge in [0.25, 0.3) is 0 Å². The number of hydrogen-bond acceptors (Lipinski definition) is 3. The fourth-order valence-corrected chi connectivity index (χ4v) is 2.27. The molecule has 0 atom stereocenters. The molecular formula is C16H14FN3. The highest BCUT2D eigenvalue weighted by molar-refractivity contribution is 5.95. The predicted octanol–water partition coefficient (Wildman–Crippen LogP) is 3.79. The van der Waals surface area contributed by atoms with Crippen molar-refractivity contribution in [1.29, 1.82) is 0 Å². The first kappa shape index (κ1) is 12.5. The Morgan fingerprint density at radius 1 is 1.00 bits per heavy atom. The van der Waals surface area contributed by atoms with Crippen molar-refractivity contribution < 1.29 is 4.39 Å². The lowest BCUT2D eigenvalue weighted by Gasteiger charge is -2.09. The molecule has 3 nitrogen and oxygen atoms in total. The second-order valence-corrected chi connectivity index (χ2v) is 4.61. The van der Waals surface area contributed by atoms with E-state index in [2.05, 4.69) is 15.3 Å². The van der Waals surface area contributed by atoms with E-state index in [1.54, 1.807) is 12.1 Å². The Balaban J connectivity index is 2.30. The van der Waals surface area contributed by atoms with E-state index in [0.717, 1.165) is 22.5 Å². The number of rotatable bonds is 2. The molecule has 1 N–H and O–H groups in total. The molecule has 0 saturated heterocycles. The third-order valence-corrected chi connectivity index (χ3v) is 3.22. The molecule has 0 radical (unpaired) electrons. The molecule has 20 heavy (non-hydrogen) atoms. The summed E-state index contributed by atoms with van der Waals surface area (Å²) in [4.78, 5) is 8.92. The average Bonchev–Trinajstić information content (AvgIpc) is 2.47. The molecule has 0 aliphatic carbocycles. The largest absolute Gasteiger partial charge is 0.373 e. The second-order valence-electron chi connectivity index (χ2n) is 4.61. The van der Waals surface area contributed by atoms with Crippen molar-refractivity contribution in [2.24, 2.45) is 0 Å². The number of aromatic nitrogens is 2. The fraction of sp³-hybridized carbons (Fsp3) is 0.125. The van der Waals surface area contributed by atoms with E-state index in [-0.39, 0.29) is 5.82 Å². The Morgan fingerprint density at radius 3 is 2.50 bits per heavy atom. The SMILES string of the molecule is CNc1cc(C)nc(-c2ccc(F)c3ccccc23)n1. The smallest absolute Gasteiger partial charge is 0.162 e. The first-order chi connectivity index (χ1) is 9.69. The van der Waals surface area contributed by atoms with E-state index in [9.17, 15) is 4.39 Å². The Kier molecular flexibility index (Phi) is 3.06. The van der Waals surface area contributed by atoms with Gasteiger partial charge in [0.05, 0.1) is 0 Å². The zero-order chi connectivity index (χ0) is 14.1. The summed E-state index contributed by atoms with van der Waals surface area (Å²) < 4.78 is 13.9. The van der Waals surface area contributed by atoms with Crippen molar-refractivity contribution in [3.8, 4) is 11.4 Å². The zero-order valence-corrected chi connectivity index (χ0v) is 11.3. The predicted molar refractivity (Wildman–Crippen MR) is 79.2 cm³/mol. The number of nitrogens with one attached hydrogen (secondary N) is 1. The minimum Gasteiger partial charge on any atom is -0.373 e. The van der Waals surface area contributed by atoms with Gasteiger partial charge in [-0.05, 0) is 24.4 Å². The van der Waals surface area contributed by atoms with Crippen molar-refractivity contribution in [3.05, 3.63) is 54.0 Å². The molecule has 0 fully saturated rings. The molecule has 2 aromatic carbocycles. The van der Waals surface area contributed by atoms with Gasteiger partial charge >= 0.3 is 0 Å². The lowest BCUT2D eigenvalue weighted by atomic mass is 10.0. The lowest BCUT2D eigenvalue weighted by molar-refractivity contribution is 0.640. The first-order valence-corrected chi connectivity index (χ1v) is 6.40. The minimum atomic E-state index is -0.231. The van der Waals surface area contributed by atoms with Gasteiger partial charge in [-0.1, -0.05) is 24.3 Å². The van der Waals surface area contributed by atoms with Gasteiger partial charge in [-0.2, -0.15) is 0 Å². The monoisotopic (exact) mass is 267 g/mol. The maximum Gasteiger partial charge on any atom is 0.162 e. The van der Waals surface area contributed by atoms with E-state index < -0.39 is 0 Å².